The van der Waals surface area contributed by atoms with E-state index in [-0.39, 0.29) is 18.1 Å². The van der Waals surface area contributed by atoms with Crippen molar-refractivity contribution in [3.05, 3.63) is 65.5 Å². The van der Waals surface area contributed by atoms with Crippen LogP contribution in [-0.4, -0.2) is 17.4 Å². The number of hydrogen-bond donors (Lipinski definition) is 1. The molecular weight excluding hydrogens is 267 g/mol. The normalized spacial score (nSPS) is 10.4. The third kappa shape index (κ3) is 4.05. The van der Waals surface area contributed by atoms with Gasteiger partial charge in [-0.1, -0.05) is 30.3 Å². The summed E-state index contributed by atoms with van der Waals surface area (Å²) < 4.78 is 13.6. The van der Waals surface area contributed by atoms with Crippen LogP contribution in [0.15, 0.2) is 48.5 Å². The summed E-state index contributed by atoms with van der Waals surface area (Å²) in [4.78, 5) is 14.0. The van der Waals surface area contributed by atoms with Gasteiger partial charge in [-0.25, -0.2) is 4.39 Å². The van der Waals surface area contributed by atoms with Crippen LogP contribution in [0.1, 0.15) is 18.1 Å². The lowest BCUT2D eigenvalue weighted by Gasteiger charge is -2.21. The molecule has 2 aromatic carbocycles. The molecule has 2 rings (SSSR count). The average molecular weight is 286 g/mol. The van der Waals surface area contributed by atoms with E-state index in [0.29, 0.717) is 24.3 Å². The minimum atomic E-state index is -0.339. The Morgan fingerprint density at radius 3 is 2.43 bits per heavy atom. The number of amides is 1. The van der Waals surface area contributed by atoms with E-state index < -0.39 is 0 Å². The van der Waals surface area contributed by atoms with Gasteiger partial charge in [-0.15, -0.1) is 0 Å². The number of rotatable bonds is 5. The molecule has 1 amide bonds. The second kappa shape index (κ2) is 6.88. The number of nitrogen functional groups attached to an aromatic ring is 1. The molecule has 4 heteroatoms. The highest BCUT2D eigenvalue weighted by Gasteiger charge is 2.14. The summed E-state index contributed by atoms with van der Waals surface area (Å²) >= 11 is 0. The van der Waals surface area contributed by atoms with Crippen molar-refractivity contribution in [3.8, 4) is 0 Å². The molecule has 0 saturated heterocycles. The Kier molecular flexibility index (Phi) is 4.93. The van der Waals surface area contributed by atoms with Gasteiger partial charge in [-0.2, -0.15) is 0 Å². The van der Waals surface area contributed by atoms with E-state index >= 15 is 0 Å². The summed E-state index contributed by atoms with van der Waals surface area (Å²) in [6, 6.07) is 13.8. The van der Waals surface area contributed by atoms with E-state index in [1.807, 2.05) is 31.2 Å². The number of carbonyl (C=O) groups is 1. The molecule has 0 atom stereocenters. The fraction of sp³-hybridized carbons (Fsp3) is 0.235. The van der Waals surface area contributed by atoms with Gasteiger partial charge in [0.05, 0.1) is 6.42 Å². The van der Waals surface area contributed by atoms with E-state index in [1.165, 1.54) is 6.07 Å². The van der Waals surface area contributed by atoms with E-state index in [1.54, 1.807) is 23.1 Å². The zero-order valence-electron chi connectivity index (χ0n) is 12.1. The summed E-state index contributed by atoms with van der Waals surface area (Å²) in [6.07, 6.45) is 0.0789. The predicted octanol–water partition coefficient (Wildman–Crippen LogP) is 3.00. The Morgan fingerprint density at radius 1 is 1.14 bits per heavy atom. The molecule has 0 bridgehead atoms. The van der Waals surface area contributed by atoms with Gasteiger partial charge in [0, 0.05) is 18.8 Å². The van der Waals surface area contributed by atoms with Crippen molar-refractivity contribution in [2.75, 3.05) is 12.3 Å². The van der Waals surface area contributed by atoms with Gasteiger partial charge in [0.25, 0.3) is 0 Å². The number of likely N-dealkylation sites (N-methyl/N-ethyl adjacent to an activating group) is 1. The number of carbonyl (C=O) groups excluding carboxylic acids is 1. The molecule has 0 aromatic heterocycles. The molecule has 0 heterocycles. The number of halogens is 1. The Labute approximate surface area is 124 Å². The fourth-order valence-electron chi connectivity index (χ4n) is 2.14. The summed E-state index contributed by atoms with van der Waals surface area (Å²) in [5.41, 5.74) is 7.78. The molecule has 0 radical (unpaired) electrons. The summed E-state index contributed by atoms with van der Waals surface area (Å²) in [6.45, 7) is 3.00. The molecular formula is C17H19FN2O. The Bertz CT molecular complexity index is 610. The molecule has 0 aliphatic carbocycles. The van der Waals surface area contributed by atoms with Gasteiger partial charge < -0.3 is 10.6 Å². The fourth-order valence-corrected chi connectivity index (χ4v) is 2.14. The zero-order valence-corrected chi connectivity index (χ0v) is 12.1. The Balaban J connectivity index is 2.05. The molecule has 0 aliphatic rings. The number of benzene rings is 2. The first kappa shape index (κ1) is 15.0. The van der Waals surface area contributed by atoms with Crippen molar-refractivity contribution in [1.29, 1.82) is 0 Å². The van der Waals surface area contributed by atoms with Crippen molar-refractivity contribution in [1.82, 2.24) is 4.90 Å². The number of nitrogens with two attached hydrogens (primary N) is 1. The topological polar surface area (TPSA) is 46.3 Å². The molecule has 21 heavy (non-hydrogen) atoms. The van der Waals surface area contributed by atoms with Crippen molar-refractivity contribution >= 4 is 11.6 Å². The maximum Gasteiger partial charge on any atom is 0.227 e. The number of hydrogen-bond acceptors (Lipinski definition) is 2. The second-order valence-corrected chi connectivity index (χ2v) is 4.92. The van der Waals surface area contributed by atoms with Gasteiger partial charge in [-0.3, -0.25) is 4.79 Å². The summed E-state index contributed by atoms with van der Waals surface area (Å²) in [5.74, 6) is -0.422. The first-order valence-electron chi connectivity index (χ1n) is 6.95. The molecule has 0 spiro atoms. The van der Waals surface area contributed by atoms with Gasteiger partial charge in [0.15, 0.2) is 0 Å². The van der Waals surface area contributed by atoms with Crippen molar-refractivity contribution in [2.24, 2.45) is 0 Å². The molecule has 2 N–H and O–H groups in total. The maximum absolute atomic E-state index is 13.6. The van der Waals surface area contributed by atoms with Crippen LogP contribution < -0.4 is 5.73 Å². The van der Waals surface area contributed by atoms with Gasteiger partial charge >= 0.3 is 0 Å². The van der Waals surface area contributed by atoms with Gasteiger partial charge in [-0.05, 0) is 36.2 Å². The highest BCUT2D eigenvalue weighted by molar-refractivity contribution is 5.78. The number of anilines is 1. The lowest BCUT2D eigenvalue weighted by atomic mass is 10.1. The Morgan fingerprint density at radius 2 is 1.81 bits per heavy atom. The number of nitrogens with zero attached hydrogens (tertiary/aromatic N) is 1. The average Bonchev–Trinajstić information content (AvgIpc) is 2.49. The lowest BCUT2D eigenvalue weighted by Crippen LogP contribution is -2.31. The largest absolute Gasteiger partial charge is 0.399 e. The van der Waals surface area contributed by atoms with Crippen LogP contribution in [0.2, 0.25) is 0 Å². The third-order valence-corrected chi connectivity index (χ3v) is 3.39. The van der Waals surface area contributed by atoms with Crippen LogP contribution in [0, 0.1) is 5.82 Å². The molecule has 110 valence electrons. The predicted molar refractivity (Wildman–Crippen MR) is 82.0 cm³/mol. The highest BCUT2D eigenvalue weighted by Crippen LogP contribution is 2.12. The van der Waals surface area contributed by atoms with Crippen molar-refractivity contribution in [2.45, 2.75) is 19.9 Å². The SMILES string of the molecule is CCN(Cc1ccc(N)cc1)C(=O)Cc1ccccc1F. The van der Waals surface area contributed by atoms with E-state index in [4.69, 9.17) is 5.73 Å². The van der Waals surface area contributed by atoms with Gasteiger partial charge in [0.1, 0.15) is 5.82 Å². The minimum absolute atomic E-state index is 0.0789. The van der Waals surface area contributed by atoms with Gasteiger partial charge in [0.2, 0.25) is 5.91 Å². The monoisotopic (exact) mass is 286 g/mol. The first-order valence-corrected chi connectivity index (χ1v) is 6.95. The van der Waals surface area contributed by atoms with Crippen LogP contribution in [0.3, 0.4) is 0 Å². The molecule has 2 aromatic rings. The minimum Gasteiger partial charge on any atom is -0.399 e. The van der Waals surface area contributed by atoms with Crippen LogP contribution in [-0.2, 0) is 17.8 Å². The molecule has 0 unspecified atom stereocenters. The first-order chi connectivity index (χ1) is 10.1. The van der Waals surface area contributed by atoms with Crippen molar-refractivity contribution in [3.63, 3.8) is 0 Å². The lowest BCUT2D eigenvalue weighted by molar-refractivity contribution is -0.130. The highest BCUT2D eigenvalue weighted by atomic mass is 19.1. The maximum atomic E-state index is 13.6. The van der Waals surface area contributed by atoms with E-state index in [2.05, 4.69) is 0 Å². The van der Waals surface area contributed by atoms with Crippen LogP contribution in [0.4, 0.5) is 10.1 Å². The molecule has 0 saturated carbocycles. The van der Waals surface area contributed by atoms with Crippen molar-refractivity contribution < 1.29 is 9.18 Å². The standard InChI is InChI=1S/C17H19FN2O/c1-2-20(12-13-7-9-15(19)10-8-13)17(21)11-14-5-3-4-6-16(14)18/h3-10H,2,11-12,19H2,1H3. The second-order valence-electron chi connectivity index (χ2n) is 4.92. The Hall–Kier alpha value is -2.36. The zero-order chi connectivity index (χ0) is 15.2. The van der Waals surface area contributed by atoms with E-state index in [9.17, 15) is 9.18 Å². The van der Waals surface area contributed by atoms with Crippen LogP contribution >= 0.6 is 0 Å². The van der Waals surface area contributed by atoms with Crippen LogP contribution in [0.25, 0.3) is 0 Å². The third-order valence-electron chi connectivity index (χ3n) is 3.39. The summed E-state index contributed by atoms with van der Waals surface area (Å²) in [7, 11) is 0. The molecule has 0 aliphatic heterocycles. The molecule has 3 nitrogen and oxygen atoms in total. The van der Waals surface area contributed by atoms with Crippen LogP contribution in [0.5, 0.6) is 0 Å². The quantitative estimate of drug-likeness (QED) is 0.859. The summed E-state index contributed by atoms with van der Waals surface area (Å²) in [5, 5.41) is 0. The smallest absolute Gasteiger partial charge is 0.227 e. The van der Waals surface area contributed by atoms with E-state index in [0.717, 1.165) is 5.56 Å². The molecule has 0 fully saturated rings.